The number of halogens is 1. The van der Waals surface area contributed by atoms with Crippen molar-refractivity contribution in [2.75, 3.05) is 13.2 Å². The number of hydrogen-bond acceptors (Lipinski definition) is 3. The SMILES string of the molecule is O=C(NC[C@H]1OCCc2ccccc21)[C@H]1CC(Cl)=CC[C@H]1C(=O)O. The predicted molar refractivity (Wildman–Crippen MR) is 89.6 cm³/mol. The van der Waals surface area contributed by atoms with Crippen molar-refractivity contribution in [3.63, 3.8) is 0 Å². The van der Waals surface area contributed by atoms with Crippen LogP contribution in [0.3, 0.4) is 0 Å². The van der Waals surface area contributed by atoms with Crippen LogP contribution < -0.4 is 5.32 Å². The van der Waals surface area contributed by atoms with Gasteiger partial charge < -0.3 is 15.2 Å². The van der Waals surface area contributed by atoms with Crippen LogP contribution in [0.15, 0.2) is 35.4 Å². The molecular weight excluding hydrogens is 330 g/mol. The van der Waals surface area contributed by atoms with Gasteiger partial charge >= 0.3 is 5.97 Å². The lowest BCUT2D eigenvalue weighted by Gasteiger charge is -2.29. The summed E-state index contributed by atoms with van der Waals surface area (Å²) in [5, 5.41) is 12.7. The highest BCUT2D eigenvalue weighted by molar-refractivity contribution is 6.29. The van der Waals surface area contributed by atoms with Crippen molar-refractivity contribution in [1.29, 1.82) is 0 Å². The van der Waals surface area contributed by atoms with E-state index in [0.29, 0.717) is 18.2 Å². The molecule has 5 nitrogen and oxygen atoms in total. The van der Waals surface area contributed by atoms with Crippen molar-refractivity contribution < 1.29 is 19.4 Å². The van der Waals surface area contributed by atoms with Crippen LogP contribution in [0.1, 0.15) is 30.1 Å². The number of carboxylic acids is 1. The van der Waals surface area contributed by atoms with Gasteiger partial charge in [-0.1, -0.05) is 41.9 Å². The molecule has 6 heteroatoms. The maximum absolute atomic E-state index is 12.5. The molecule has 0 spiro atoms. The Morgan fingerprint density at radius 1 is 1.29 bits per heavy atom. The second-order valence-electron chi connectivity index (χ2n) is 6.20. The molecule has 0 saturated carbocycles. The van der Waals surface area contributed by atoms with Crippen molar-refractivity contribution in [2.24, 2.45) is 11.8 Å². The summed E-state index contributed by atoms with van der Waals surface area (Å²) >= 11 is 6.00. The molecule has 24 heavy (non-hydrogen) atoms. The minimum Gasteiger partial charge on any atom is -0.481 e. The molecule has 2 aliphatic rings. The largest absolute Gasteiger partial charge is 0.481 e. The minimum atomic E-state index is -0.963. The second kappa shape index (κ2) is 7.36. The minimum absolute atomic E-state index is 0.197. The molecule has 3 atom stereocenters. The Bertz CT molecular complexity index is 673. The molecule has 1 aromatic rings. The normalized spacial score (nSPS) is 26.2. The number of carboxylic acid groups (broad SMARTS) is 1. The summed E-state index contributed by atoms with van der Waals surface area (Å²) in [5.74, 6) is -2.61. The van der Waals surface area contributed by atoms with Crippen LogP contribution in [0, 0.1) is 11.8 Å². The van der Waals surface area contributed by atoms with E-state index in [1.54, 1.807) is 6.08 Å². The summed E-state index contributed by atoms with van der Waals surface area (Å²) < 4.78 is 5.77. The lowest BCUT2D eigenvalue weighted by Crippen LogP contribution is -2.41. The van der Waals surface area contributed by atoms with E-state index in [4.69, 9.17) is 16.3 Å². The van der Waals surface area contributed by atoms with Gasteiger partial charge in [-0.05, 0) is 30.4 Å². The zero-order chi connectivity index (χ0) is 17.1. The zero-order valence-corrected chi connectivity index (χ0v) is 14.0. The molecule has 0 radical (unpaired) electrons. The Kier molecular flexibility index (Phi) is 5.21. The summed E-state index contributed by atoms with van der Waals surface area (Å²) in [6.45, 7) is 0.952. The standard InChI is InChI=1S/C18H20ClNO4/c19-12-5-6-14(18(22)23)15(9-12)17(21)20-10-16-13-4-2-1-3-11(13)7-8-24-16/h1-5,14-16H,6-10H2,(H,20,21)(H,22,23)/t14-,15+,16-/m1/s1. The number of ether oxygens (including phenoxy) is 1. The molecule has 1 aromatic carbocycles. The number of hydrogen-bond donors (Lipinski definition) is 2. The van der Waals surface area contributed by atoms with Crippen molar-refractivity contribution >= 4 is 23.5 Å². The van der Waals surface area contributed by atoms with E-state index >= 15 is 0 Å². The number of rotatable bonds is 4. The monoisotopic (exact) mass is 349 g/mol. The van der Waals surface area contributed by atoms with Gasteiger partial charge in [0.1, 0.15) is 6.10 Å². The van der Waals surface area contributed by atoms with Crippen LogP contribution in [-0.2, 0) is 20.7 Å². The number of carbonyl (C=O) groups excluding carboxylic acids is 1. The number of fused-ring (bicyclic) bond motifs is 1. The number of aliphatic carboxylic acids is 1. The van der Waals surface area contributed by atoms with E-state index in [2.05, 4.69) is 11.4 Å². The number of carbonyl (C=O) groups is 2. The highest BCUT2D eigenvalue weighted by atomic mass is 35.5. The van der Waals surface area contributed by atoms with Crippen molar-refractivity contribution in [2.45, 2.75) is 25.4 Å². The first kappa shape index (κ1) is 17.0. The Morgan fingerprint density at radius 3 is 2.88 bits per heavy atom. The average Bonchev–Trinajstić information content (AvgIpc) is 2.59. The number of benzene rings is 1. The van der Waals surface area contributed by atoms with Gasteiger partial charge in [0.2, 0.25) is 5.91 Å². The van der Waals surface area contributed by atoms with Gasteiger partial charge in [-0.15, -0.1) is 0 Å². The summed E-state index contributed by atoms with van der Waals surface area (Å²) in [6.07, 6.45) is 2.91. The molecule has 3 rings (SSSR count). The molecule has 1 aliphatic carbocycles. The van der Waals surface area contributed by atoms with Gasteiger partial charge in [-0.25, -0.2) is 0 Å². The molecule has 1 heterocycles. The second-order valence-corrected chi connectivity index (χ2v) is 6.68. The van der Waals surface area contributed by atoms with Crippen LogP contribution in [0.25, 0.3) is 0 Å². The molecule has 0 aromatic heterocycles. The molecule has 0 bridgehead atoms. The fourth-order valence-electron chi connectivity index (χ4n) is 3.37. The van der Waals surface area contributed by atoms with E-state index in [1.165, 1.54) is 5.56 Å². The van der Waals surface area contributed by atoms with Gasteiger partial charge in [0.05, 0.1) is 18.4 Å². The van der Waals surface area contributed by atoms with Crippen molar-refractivity contribution in [3.8, 4) is 0 Å². The molecule has 1 amide bonds. The first-order valence-electron chi connectivity index (χ1n) is 8.10. The maximum atomic E-state index is 12.5. The van der Waals surface area contributed by atoms with Gasteiger partial charge in [-0.3, -0.25) is 9.59 Å². The third-order valence-electron chi connectivity index (χ3n) is 4.70. The Balaban J connectivity index is 1.65. The fourth-order valence-corrected chi connectivity index (χ4v) is 3.63. The first-order chi connectivity index (χ1) is 11.6. The first-order valence-corrected chi connectivity index (χ1v) is 8.48. The molecular formula is C18H20ClNO4. The van der Waals surface area contributed by atoms with E-state index in [0.717, 1.165) is 12.0 Å². The summed E-state index contributed by atoms with van der Waals surface area (Å²) in [6, 6.07) is 8.02. The molecule has 0 fully saturated rings. The maximum Gasteiger partial charge on any atom is 0.307 e. The number of nitrogens with one attached hydrogen (secondary N) is 1. The van der Waals surface area contributed by atoms with Gasteiger partial charge in [-0.2, -0.15) is 0 Å². The quantitative estimate of drug-likeness (QED) is 0.876. The predicted octanol–water partition coefficient (Wildman–Crippen LogP) is 2.65. The van der Waals surface area contributed by atoms with Crippen LogP contribution >= 0.6 is 11.6 Å². The topological polar surface area (TPSA) is 75.6 Å². The molecule has 0 unspecified atom stereocenters. The summed E-state index contributed by atoms with van der Waals surface area (Å²) in [5.41, 5.74) is 2.32. The Hall–Kier alpha value is -1.85. The van der Waals surface area contributed by atoms with Crippen molar-refractivity contribution in [1.82, 2.24) is 5.32 Å². The van der Waals surface area contributed by atoms with Gasteiger partial charge in [0.15, 0.2) is 0 Å². The molecule has 1 aliphatic heterocycles. The van der Waals surface area contributed by atoms with Crippen LogP contribution in [0.4, 0.5) is 0 Å². The van der Waals surface area contributed by atoms with Crippen molar-refractivity contribution in [3.05, 3.63) is 46.5 Å². The molecule has 0 saturated heterocycles. The third kappa shape index (κ3) is 3.62. The summed E-state index contributed by atoms with van der Waals surface area (Å²) in [7, 11) is 0. The zero-order valence-electron chi connectivity index (χ0n) is 13.2. The van der Waals surface area contributed by atoms with Gasteiger partial charge in [0.25, 0.3) is 0 Å². The Labute approximate surface area is 145 Å². The van der Waals surface area contributed by atoms with E-state index in [9.17, 15) is 14.7 Å². The van der Waals surface area contributed by atoms with E-state index in [-0.39, 0.29) is 24.9 Å². The van der Waals surface area contributed by atoms with Crippen LogP contribution in [-0.4, -0.2) is 30.1 Å². The number of amides is 1. The molecule has 128 valence electrons. The van der Waals surface area contributed by atoms with E-state index < -0.39 is 17.8 Å². The number of allylic oxidation sites excluding steroid dienone is 2. The highest BCUT2D eigenvalue weighted by Crippen LogP contribution is 2.32. The average molecular weight is 350 g/mol. The Morgan fingerprint density at radius 2 is 2.08 bits per heavy atom. The lowest BCUT2D eigenvalue weighted by molar-refractivity contribution is -0.147. The third-order valence-corrected chi connectivity index (χ3v) is 5.01. The van der Waals surface area contributed by atoms with Gasteiger partial charge in [0, 0.05) is 11.6 Å². The smallest absolute Gasteiger partial charge is 0.307 e. The van der Waals surface area contributed by atoms with Crippen LogP contribution in [0.5, 0.6) is 0 Å². The van der Waals surface area contributed by atoms with E-state index in [1.807, 2.05) is 18.2 Å². The van der Waals surface area contributed by atoms with Crippen LogP contribution in [0.2, 0.25) is 0 Å². The lowest BCUT2D eigenvalue weighted by atomic mass is 9.82. The summed E-state index contributed by atoms with van der Waals surface area (Å²) in [4.78, 5) is 23.9. The highest BCUT2D eigenvalue weighted by Gasteiger charge is 2.36. The fraction of sp³-hybridized carbons (Fsp3) is 0.444. The molecule has 2 N–H and O–H groups in total.